The van der Waals surface area contributed by atoms with Crippen LogP contribution in [0, 0.1) is 5.39 Å². The molecule has 0 aromatic heterocycles. The maximum absolute atomic E-state index is 10.6. The molecule has 0 N–H and O–H groups in total. The zero-order chi connectivity index (χ0) is 8.85. The number of ether oxygens (including phenoxy) is 2. The zero-order valence-corrected chi connectivity index (χ0v) is 6.10. The highest BCUT2D eigenvalue weighted by Crippen LogP contribution is 1.96. The van der Waals surface area contributed by atoms with E-state index in [1.165, 1.54) is 0 Å². The van der Waals surface area contributed by atoms with Crippen molar-refractivity contribution < 1.29 is 19.1 Å². The first-order valence-corrected chi connectivity index (χ1v) is 2.67. The fraction of sp³-hybridized carbons (Fsp3) is 0.600. The SMILES string of the molecule is COC(=O)C([N+]#N)C(=O)OC. The largest absolute Gasteiger partial charge is 0.501 e. The monoisotopic (exact) mass is 159 g/mol. The Bertz CT molecular complexity index is 191. The molecule has 0 saturated carbocycles. The Labute approximate surface area is 62.7 Å². The van der Waals surface area contributed by atoms with Crippen molar-refractivity contribution in [1.82, 2.24) is 0 Å². The molecule has 60 valence electrons. The van der Waals surface area contributed by atoms with Gasteiger partial charge in [-0.15, -0.1) is 0 Å². The highest BCUT2D eigenvalue weighted by molar-refractivity contribution is 6.00. The number of esters is 2. The summed E-state index contributed by atoms with van der Waals surface area (Å²) in [5.74, 6) is -1.92. The summed E-state index contributed by atoms with van der Waals surface area (Å²) in [4.78, 5) is 23.6. The van der Waals surface area contributed by atoms with Crippen LogP contribution < -0.4 is 0 Å². The van der Waals surface area contributed by atoms with Crippen LogP contribution >= 0.6 is 0 Å². The maximum atomic E-state index is 10.6. The molecule has 0 aliphatic heterocycles. The predicted octanol–water partition coefficient (Wildman–Crippen LogP) is -0.446. The van der Waals surface area contributed by atoms with E-state index in [1.54, 1.807) is 0 Å². The lowest BCUT2D eigenvalue weighted by molar-refractivity contribution is -0.152. The Morgan fingerprint density at radius 3 is 1.82 bits per heavy atom. The zero-order valence-electron chi connectivity index (χ0n) is 6.10. The molecule has 0 aromatic rings. The molecule has 0 aliphatic rings. The van der Waals surface area contributed by atoms with Gasteiger partial charge in [0, 0.05) is 0 Å². The van der Waals surface area contributed by atoms with E-state index < -0.39 is 18.0 Å². The second-order valence-corrected chi connectivity index (χ2v) is 1.56. The molecule has 0 heterocycles. The number of hydrogen-bond acceptors (Lipinski definition) is 5. The molecule has 0 aromatic carbocycles. The van der Waals surface area contributed by atoms with Crippen LogP contribution in [0.15, 0.2) is 0 Å². The Kier molecular flexibility index (Phi) is 3.59. The van der Waals surface area contributed by atoms with E-state index in [1.807, 2.05) is 0 Å². The molecule has 0 rings (SSSR count). The van der Waals surface area contributed by atoms with Gasteiger partial charge in [-0.25, -0.2) is 9.59 Å². The Morgan fingerprint density at radius 1 is 1.27 bits per heavy atom. The topological polar surface area (TPSA) is 80.8 Å². The predicted molar refractivity (Wildman–Crippen MR) is 32.9 cm³/mol. The van der Waals surface area contributed by atoms with Gasteiger partial charge in [0.1, 0.15) is 4.98 Å². The number of nitrogens with zero attached hydrogens (tertiary/aromatic N) is 2. The summed E-state index contributed by atoms with van der Waals surface area (Å²) in [7, 11) is 2.15. The summed E-state index contributed by atoms with van der Waals surface area (Å²) in [6.45, 7) is 0. The van der Waals surface area contributed by atoms with Crippen molar-refractivity contribution in [2.24, 2.45) is 0 Å². The van der Waals surface area contributed by atoms with Crippen molar-refractivity contribution in [3.63, 3.8) is 0 Å². The van der Waals surface area contributed by atoms with Crippen LogP contribution in [0.25, 0.3) is 4.98 Å². The normalized spacial score (nSPS) is 8.55. The molecule has 0 atom stereocenters. The van der Waals surface area contributed by atoms with Crippen molar-refractivity contribution in [3.05, 3.63) is 4.98 Å². The van der Waals surface area contributed by atoms with E-state index in [-0.39, 0.29) is 0 Å². The molecular formula is C5H7N2O4+. The summed E-state index contributed by atoms with van der Waals surface area (Å²) < 4.78 is 8.27. The number of methoxy groups -OCH3 is 2. The Morgan fingerprint density at radius 2 is 1.64 bits per heavy atom. The van der Waals surface area contributed by atoms with Crippen LogP contribution in [0.2, 0.25) is 0 Å². The molecule has 0 radical (unpaired) electrons. The van der Waals surface area contributed by atoms with Crippen molar-refractivity contribution in [2.75, 3.05) is 14.2 Å². The van der Waals surface area contributed by atoms with E-state index in [0.29, 0.717) is 0 Å². The van der Waals surface area contributed by atoms with Crippen LogP contribution in [0.4, 0.5) is 0 Å². The first-order chi connectivity index (χ1) is 5.17. The molecule has 0 spiro atoms. The van der Waals surface area contributed by atoms with Gasteiger partial charge in [-0.3, -0.25) is 0 Å². The number of diazo groups is 1. The van der Waals surface area contributed by atoms with Crippen molar-refractivity contribution in [1.29, 1.82) is 5.39 Å². The van der Waals surface area contributed by atoms with Gasteiger partial charge in [-0.05, 0) is 0 Å². The van der Waals surface area contributed by atoms with Crippen molar-refractivity contribution >= 4 is 11.9 Å². The van der Waals surface area contributed by atoms with Gasteiger partial charge in [0.2, 0.25) is 5.39 Å². The fourth-order valence-corrected chi connectivity index (χ4v) is 0.414. The minimum absolute atomic E-state index is 0.959. The maximum Gasteiger partial charge on any atom is 0.501 e. The molecule has 11 heavy (non-hydrogen) atoms. The quantitative estimate of drug-likeness (QED) is 0.310. The smallest absolute Gasteiger partial charge is 0.463 e. The molecule has 0 aliphatic carbocycles. The molecule has 0 amide bonds. The first kappa shape index (κ1) is 9.36. The van der Waals surface area contributed by atoms with Crippen LogP contribution in [0.3, 0.4) is 0 Å². The van der Waals surface area contributed by atoms with Crippen molar-refractivity contribution in [2.45, 2.75) is 6.04 Å². The van der Waals surface area contributed by atoms with Crippen LogP contribution in [-0.2, 0) is 19.1 Å². The molecule has 0 unspecified atom stereocenters. The number of carbonyl (C=O) groups is 2. The van der Waals surface area contributed by atoms with Gasteiger partial charge in [-0.2, -0.15) is 0 Å². The van der Waals surface area contributed by atoms with E-state index in [9.17, 15) is 9.59 Å². The third-order valence-electron chi connectivity index (χ3n) is 0.964. The van der Waals surface area contributed by atoms with Gasteiger partial charge in [0.25, 0.3) is 0 Å². The molecule has 6 nitrogen and oxygen atoms in total. The van der Waals surface area contributed by atoms with Crippen LogP contribution in [-0.4, -0.2) is 32.2 Å². The number of rotatable bonds is 2. The van der Waals surface area contributed by atoms with Crippen LogP contribution in [0.1, 0.15) is 0 Å². The number of carbonyl (C=O) groups excluding carboxylic acids is 2. The minimum Gasteiger partial charge on any atom is -0.463 e. The molecule has 6 heteroatoms. The summed E-state index contributed by atoms with van der Waals surface area (Å²) in [6, 6.07) is -1.59. The molecule has 0 bridgehead atoms. The average Bonchev–Trinajstić information content (AvgIpc) is 2.05. The van der Waals surface area contributed by atoms with E-state index in [2.05, 4.69) is 14.4 Å². The highest BCUT2D eigenvalue weighted by atomic mass is 16.5. The van der Waals surface area contributed by atoms with Gasteiger partial charge < -0.3 is 9.47 Å². The lowest BCUT2D eigenvalue weighted by Crippen LogP contribution is -2.28. The summed E-state index contributed by atoms with van der Waals surface area (Å²) >= 11 is 0. The standard InChI is InChI=1S/C5H7N2O4/c1-10-4(8)3(7-6)5(9)11-2/h3H,1-2H3/q+1. The third kappa shape index (κ3) is 2.21. The first-order valence-electron chi connectivity index (χ1n) is 2.67. The second-order valence-electron chi connectivity index (χ2n) is 1.56. The molecule has 0 saturated heterocycles. The summed E-state index contributed by atoms with van der Waals surface area (Å²) in [6.07, 6.45) is 0. The summed E-state index contributed by atoms with van der Waals surface area (Å²) in [5, 5.41) is 8.15. The lowest BCUT2D eigenvalue weighted by Gasteiger charge is -1.94. The highest BCUT2D eigenvalue weighted by Gasteiger charge is 2.41. The number of hydrogen-bond donors (Lipinski definition) is 0. The fourth-order valence-electron chi connectivity index (χ4n) is 0.414. The van der Waals surface area contributed by atoms with Crippen LogP contribution in [0.5, 0.6) is 0 Å². The van der Waals surface area contributed by atoms with Gasteiger partial charge in [0.05, 0.1) is 14.2 Å². The Hall–Kier alpha value is -1.64. The Balaban J connectivity index is 4.31. The van der Waals surface area contributed by atoms with E-state index in [4.69, 9.17) is 5.39 Å². The van der Waals surface area contributed by atoms with Gasteiger partial charge >= 0.3 is 18.0 Å². The molecule has 0 fully saturated rings. The second kappa shape index (κ2) is 4.22. The van der Waals surface area contributed by atoms with Gasteiger partial charge in [-0.1, -0.05) is 0 Å². The van der Waals surface area contributed by atoms with Crippen molar-refractivity contribution in [3.8, 4) is 0 Å². The molecular weight excluding hydrogens is 152 g/mol. The average molecular weight is 159 g/mol. The van der Waals surface area contributed by atoms with E-state index >= 15 is 0 Å². The third-order valence-corrected chi connectivity index (χ3v) is 0.964. The summed E-state index contributed by atoms with van der Waals surface area (Å²) in [5.41, 5.74) is 0. The lowest BCUT2D eigenvalue weighted by atomic mass is 10.3. The minimum atomic E-state index is -1.59. The van der Waals surface area contributed by atoms with E-state index in [0.717, 1.165) is 14.2 Å². The van der Waals surface area contributed by atoms with Gasteiger partial charge in [0.15, 0.2) is 0 Å².